The number of carbonyl (C=O) groups excluding carboxylic acids is 1. The molecule has 0 amide bonds. The molecule has 0 aromatic carbocycles. The van der Waals surface area contributed by atoms with Crippen molar-refractivity contribution in [3.05, 3.63) is 23.8 Å². The molecule has 3 heteroatoms. The summed E-state index contributed by atoms with van der Waals surface area (Å²) in [4.78, 5) is 10.9. The molecule has 0 aromatic heterocycles. The van der Waals surface area contributed by atoms with Gasteiger partial charge in [-0.1, -0.05) is 18.2 Å². The van der Waals surface area contributed by atoms with E-state index in [0.717, 1.165) is 6.42 Å². The molecule has 0 radical (unpaired) electrons. The standard InChI is InChI=1S/C8H10O3/c9-7(8(10)11)6-4-2-1-3-5-6/h1-2,4,8,10-11H,3,5H2. The van der Waals surface area contributed by atoms with Gasteiger partial charge in [-0.25, -0.2) is 0 Å². The Hall–Kier alpha value is -0.930. The first-order valence-corrected chi connectivity index (χ1v) is 3.48. The van der Waals surface area contributed by atoms with Crippen molar-refractivity contribution in [3.8, 4) is 0 Å². The van der Waals surface area contributed by atoms with E-state index in [1.807, 2.05) is 6.08 Å². The number of hydrogen-bond acceptors (Lipinski definition) is 3. The average molecular weight is 154 g/mol. The molecule has 0 aromatic rings. The molecule has 2 N–H and O–H groups in total. The van der Waals surface area contributed by atoms with Crippen molar-refractivity contribution in [1.82, 2.24) is 0 Å². The van der Waals surface area contributed by atoms with E-state index in [9.17, 15) is 4.79 Å². The Balaban J connectivity index is 2.66. The van der Waals surface area contributed by atoms with Crippen LogP contribution < -0.4 is 0 Å². The van der Waals surface area contributed by atoms with Gasteiger partial charge in [-0.3, -0.25) is 4.79 Å². The Morgan fingerprint density at radius 2 is 2.27 bits per heavy atom. The van der Waals surface area contributed by atoms with Crippen LogP contribution >= 0.6 is 0 Å². The van der Waals surface area contributed by atoms with Gasteiger partial charge in [0, 0.05) is 5.57 Å². The molecule has 0 fully saturated rings. The molecule has 0 atom stereocenters. The largest absolute Gasteiger partial charge is 0.362 e. The molecule has 60 valence electrons. The highest BCUT2D eigenvalue weighted by molar-refractivity contribution is 5.97. The fraction of sp³-hybridized carbons (Fsp3) is 0.375. The van der Waals surface area contributed by atoms with E-state index >= 15 is 0 Å². The van der Waals surface area contributed by atoms with Crippen LogP contribution in [0.15, 0.2) is 23.8 Å². The minimum Gasteiger partial charge on any atom is -0.362 e. The van der Waals surface area contributed by atoms with Crippen LogP contribution in [0.5, 0.6) is 0 Å². The molecule has 0 unspecified atom stereocenters. The molecule has 0 spiro atoms. The second-order valence-electron chi connectivity index (χ2n) is 2.40. The van der Waals surface area contributed by atoms with E-state index in [2.05, 4.69) is 0 Å². The maximum Gasteiger partial charge on any atom is 0.217 e. The van der Waals surface area contributed by atoms with Crippen molar-refractivity contribution in [1.29, 1.82) is 0 Å². The molecular formula is C8H10O3. The first kappa shape index (κ1) is 8.17. The Morgan fingerprint density at radius 1 is 1.55 bits per heavy atom. The highest BCUT2D eigenvalue weighted by Gasteiger charge is 2.16. The number of Topliss-reactive ketones (excluding diaryl/α,β-unsaturated/α-hetero) is 1. The van der Waals surface area contributed by atoms with Crippen molar-refractivity contribution in [3.63, 3.8) is 0 Å². The highest BCUT2D eigenvalue weighted by atomic mass is 16.5. The number of hydrogen-bond donors (Lipinski definition) is 2. The van der Waals surface area contributed by atoms with Crippen LogP contribution in [-0.2, 0) is 4.79 Å². The molecule has 1 aliphatic carbocycles. The first-order valence-electron chi connectivity index (χ1n) is 3.48. The second-order valence-corrected chi connectivity index (χ2v) is 2.40. The van der Waals surface area contributed by atoms with E-state index in [1.54, 1.807) is 12.2 Å². The van der Waals surface area contributed by atoms with Crippen molar-refractivity contribution in [2.45, 2.75) is 19.1 Å². The van der Waals surface area contributed by atoms with Gasteiger partial charge in [-0.15, -0.1) is 0 Å². The van der Waals surface area contributed by atoms with Gasteiger partial charge in [0.1, 0.15) is 0 Å². The summed E-state index contributed by atoms with van der Waals surface area (Å²) in [5.74, 6) is -0.589. The van der Waals surface area contributed by atoms with Gasteiger partial charge in [-0.05, 0) is 12.8 Å². The number of ketones is 1. The summed E-state index contributed by atoms with van der Waals surface area (Å²) in [6.07, 6.45) is 4.84. The quantitative estimate of drug-likeness (QED) is 0.556. The smallest absolute Gasteiger partial charge is 0.217 e. The number of aliphatic hydroxyl groups is 2. The molecule has 0 saturated carbocycles. The number of allylic oxidation sites excluding steroid dienone is 3. The Morgan fingerprint density at radius 3 is 2.73 bits per heavy atom. The summed E-state index contributed by atoms with van der Waals surface area (Å²) in [5, 5.41) is 17.0. The topological polar surface area (TPSA) is 57.5 Å². The van der Waals surface area contributed by atoms with Crippen molar-refractivity contribution in [2.75, 3.05) is 0 Å². The van der Waals surface area contributed by atoms with E-state index in [-0.39, 0.29) is 0 Å². The zero-order chi connectivity index (χ0) is 8.27. The molecule has 0 saturated heterocycles. The van der Waals surface area contributed by atoms with Crippen LogP contribution in [0.4, 0.5) is 0 Å². The first-order chi connectivity index (χ1) is 5.22. The fourth-order valence-corrected chi connectivity index (χ4v) is 0.974. The molecule has 3 nitrogen and oxygen atoms in total. The van der Waals surface area contributed by atoms with Crippen LogP contribution in [0.25, 0.3) is 0 Å². The average Bonchev–Trinajstić information content (AvgIpc) is 2.05. The van der Waals surface area contributed by atoms with Gasteiger partial charge in [-0.2, -0.15) is 0 Å². The van der Waals surface area contributed by atoms with Crippen LogP contribution in [0.2, 0.25) is 0 Å². The summed E-state index contributed by atoms with van der Waals surface area (Å²) in [6.45, 7) is 0. The summed E-state index contributed by atoms with van der Waals surface area (Å²) >= 11 is 0. The number of aliphatic hydroxyl groups excluding tert-OH is 1. The van der Waals surface area contributed by atoms with Gasteiger partial charge in [0.05, 0.1) is 0 Å². The lowest BCUT2D eigenvalue weighted by Gasteiger charge is -2.08. The predicted molar refractivity (Wildman–Crippen MR) is 39.7 cm³/mol. The third-order valence-electron chi connectivity index (χ3n) is 1.56. The fourth-order valence-electron chi connectivity index (χ4n) is 0.974. The van der Waals surface area contributed by atoms with Gasteiger partial charge >= 0.3 is 0 Å². The van der Waals surface area contributed by atoms with E-state index in [0.29, 0.717) is 12.0 Å². The SMILES string of the molecule is O=C(C1=CC=CCC1)C(O)O. The molecular weight excluding hydrogens is 144 g/mol. The molecule has 11 heavy (non-hydrogen) atoms. The van der Waals surface area contributed by atoms with Crippen molar-refractivity contribution < 1.29 is 15.0 Å². The number of carbonyl (C=O) groups is 1. The van der Waals surface area contributed by atoms with E-state index < -0.39 is 12.1 Å². The molecule has 1 rings (SSSR count). The van der Waals surface area contributed by atoms with Gasteiger partial charge in [0.2, 0.25) is 12.1 Å². The summed E-state index contributed by atoms with van der Waals surface area (Å²) in [5.41, 5.74) is 0.488. The molecule has 1 aliphatic rings. The third-order valence-corrected chi connectivity index (χ3v) is 1.56. The predicted octanol–water partition coefficient (Wildman–Crippen LogP) is 0.143. The normalized spacial score (nSPS) is 16.8. The van der Waals surface area contributed by atoms with Crippen LogP contribution in [0, 0.1) is 0 Å². The lowest BCUT2D eigenvalue weighted by Crippen LogP contribution is -2.21. The lowest BCUT2D eigenvalue weighted by molar-refractivity contribution is -0.140. The van der Waals surface area contributed by atoms with Gasteiger partial charge in [0.25, 0.3) is 0 Å². The van der Waals surface area contributed by atoms with Gasteiger partial charge in [0.15, 0.2) is 0 Å². The zero-order valence-corrected chi connectivity index (χ0v) is 6.03. The molecule has 0 aliphatic heterocycles. The Kier molecular flexibility index (Phi) is 2.57. The molecule has 0 heterocycles. The number of rotatable bonds is 2. The van der Waals surface area contributed by atoms with Gasteiger partial charge < -0.3 is 10.2 Å². The summed E-state index contributed by atoms with van der Waals surface area (Å²) < 4.78 is 0. The summed E-state index contributed by atoms with van der Waals surface area (Å²) in [6, 6.07) is 0. The molecule has 0 bridgehead atoms. The second kappa shape index (κ2) is 3.46. The van der Waals surface area contributed by atoms with Crippen LogP contribution in [-0.4, -0.2) is 22.3 Å². The third kappa shape index (κ3) is 2.00. The minimum absolute atomic E-state index is 0.488. The van der Waals surface area contributed by atoms with Crippen molar-refractivity contribution >= 4 is 5.78 Å². The van der Waals surface area contributed by atoms with E-state index in [4.69, 9.17) is 10.2 Å². The van der Waals surface area contributed by atoms with Crippen LogP contribution in [0.1, 0.15) is 12.8 Å². The Bertz CT molecular complexity index is 213. The van der Waals surface area contributed by atoms with E-state index in [1.165, 1.54) is 0 Å². The highest BCUT2D eigenvalue weighted by Crippen LogP contribution is 2.13. The maximum absolute atomic E-state index is 10.9. The maximum atomic E-state index is 10.9. The zero-order valence-electron chi connectivity index (χ0n) is 6.03. The Labute approximate surface area is 64.7 Å². The lowest BCUT2D eigenvalue weighted by atomic mass is 10.0. The minimum atomic E-state index is -1.85. The van der Waals surface area contributed by atoms with Crippen LogP contribution in [0.3, 0.4) is 0 Å². The van der Waals surface area contributed by atoms with Crippen molar-refractivity contribution in [2.24, 2.45) is 0 Å². The summed E-state index contributed by atoms with van der Waals surface area (Å²) in [7, 11) is 0. The monoisotopic (exact) mass is 154 g/mol.